The Labute approximate surface area is 199 Å². The molecule has 16 nitrogen and oxygen atoms in total. The number of ether oxygens (including phenoxy) is 6. The van der Waals surface area contributed by atoms with Crippen molar-refractivity contribution in [2.24, 2.45) is 0 Å². The van der Waals surface area contributed by atoms with Crippen LogP contribution < -0.4 is 0 Å². The van der Waals surface area contributed by atoms with Crippen LogP contribution in [-0.2, 0) is 28.4 Å². The van der Waals surface area contributed by atoms with Crippen LogP contribution in [0.25, 0.3) is 0 Å². The molecule has 0 unspecified atom stereocenters. The lowest BCUT2D eigenvalue weighted by molar-refractivity contribution is -0.385. The van der Waals surface area contributed by atoms with Gasteiger partial charge in [-0.1, -0.05) is 0 Å². The van der Waals surface area contributed by atoms with Crippen molar-refractivity contribution in [2.75, 3.05) is 26.9 Å². The quantitative estimate of drug-likeness (QED) is 0.143. The van der Waals surface area contributed by atoms with E-state index in [2.05, 4.69) is 0 Å². The lowest BCUT2D eigenvalue weighted by Crippen LogP contribution is -2.67. The highest BCUT2D eigenvalue weighted by Gasteiger charge is 2.54. The molecule has 3 fully saturated rings. The first kappa shape index (κ1) is 28.9. The van der Waals surface area contributed by atoms with Crippen LogP contribution in [0.5, 0.6) is 0 Å². The molecule has 0 saturated carbocycles. The molecule has 0 aromatic carbocycles. The van der Waals surface area contributed by atoms with Crippen molar-refractivity contribution in [3.8, 4) is 0 Å². The molecule has 3 saturated heterocycles. The molecule has 206 valence electrons. The van der Waals surface area contributed by atoms with E-state index >= 15 is 0 Å². The lowest BCUT2D eigenvalue weighted by Gasteiger charge is -2.48. The molecule has 3 rings (SSSR count). The van der Waals surface area contributed by atoms with Gasteiger partial charge in [0.05, 0.1) is 19.8 Å². The van der Waals surface area contributed by atoms with Crippen molar-refractivity contribution in [2.45, 2.75) is 92.1 Å². The van der Waals surface area contributed by atoms with Crippen molar-refractivity contribution in [3.05, 3.63) is 0 Å². The molecule has 3 aliphatic rings. The molecule has 3 heterocycles. The number of aliphatic hydroxyl groups is 10. The molecule has 3 aliphatic heterocycles. The van der Waals surface area contributed by atoms with Crippen LogP contribution in [0, 0.1) is 0 Å². The molecule has 0 radical (unpaired) electrons. The van der Waals surface area contributed by atoms with E-state index in [1.54, 1.807) is 0 Å². The smallest absolute Gasteiger partial charge is 0.187 e. The van der Waals surface area contributed by atoms with Gasteiger partial charge < -0.3 is 79.5 Å². The maximum Gasteiger partial charge on any atom is 0.187 e. The number of rotatable bonds is 8. The number of aliphatic hydroxyl groups excluding tert-OH is 10. The Kier molecular flexibility index (Phi) is 10.1. The van der Waals surface area contributed by atoms with Gasteiger partial charge in [-0.25, -0.2) is 0 Å². The minimum atomic E-state index is -1.84. The minimum Gasteiger partial charge on any atom is -0.394 e. The Morgan fingerprint density at radius 1 is 0.486 bits per heavy atom. The topological polar surface area (TPSA) is 258 Å². The van der Waals surface area contributed by atoms with Gasteiger partial charge in [0.2, 0.25) is 0 Å². The Morgan fingerprint density at radius 3 is 1.29 bits per heavy atom. The lowest BCUT2D eigenvalue weighted by atomic mass is 9.96. The fourth-order valence-electron chi connectivity index (χ4n) is 4.23. The summed E-state index contributed by atoms with van der Waals surface area (Å²) in [5.74, 6) is 0. The summed E-state index contributed by atoms with van der Waals surface area (Å²) in [6, 6.07) is 0. The van der Waals surface area contributed by atoms with E-state index in [1.807, 2.05) is 0 Å². The van der Waals surface area contributed by atoms with Crippen molar-refractivity contribution in [3.63, 3.8) is 0 Å². The first-order chi connectivity index (χ1) is 16.6. The molecular formula is C19H34O16. The Balaban J connectivity index is 1.86. The Hall–Kier alpha value is -0.640. The minimum absolute atomic E-state index is 0.733. The van der Waals surface area contributed by atoms with Gasteiger partial charge >= 0.3 is 0 Å². The monoisotopic (exact) mass is 518 g/mol. The van der Waals surface area contributed by atoms with Gasteiger partial charge in [0.25, 0.3) is 0 Å². The molecular weight excluding hydrogens is 484 g/mol. The molecule has 0 amide bonds. The normalized spacial score (nSPS) is 51.3. The molecule has 0 aromatic heterocycles. The summed E-state index contributed by atoms with van der Waals surface area (Å²) in [6.45, 7) is -2.22. The zero-order chi connectivity index (χ0) is 26.0. The Bertz CT molecular complexity index is 652. The highest BCUT2D eigenvalue weighted by Crippen LogP contribution is 2.33. The number of hydrogen-bond acceptors (Lipinski definition) is 16. The molecule has 0 spiro atoms. The molecule has 10 N–H and O–H groups in total. The third-order valence-corrected chi connectivity index (χ3v) is 6.31. The number of hydrogen-bond donors (Lipinski definition) is 10. The Morgan fingerprint density at radius 2 is 0.886 bits per heavy atom. The predicted octanol–water partition coefficient (Wildman–Crippen LogP) is -6.92. The first-order valence-electron chi connectivity index (χ1n) is 11.0. The van der Waals surface area contributed by atoms with E-state index in [9.17, 15) is 51.1 Å². The summed E-state index contributed by atoms with van der Waals surface area (Å²) in [5, 5.41) is 100. The average molecular weight is 518 g/mol. The summed E-state index contributed by atoms with van der Waals surface area (Å²) in [4.78, 5) is 0. The van der Waals surface area contributed by atoms with Crippen LogP contribution >= 0.6 is 0 Å². The van der Waals surface area contributed by atoms with E-state index < -0.39 is 112 Å². The fraction of sp³-hybridized carbons (Fsp3) is 1.00. The second kappa shape index (κ2) is 12.3. The summed E-state index contributed by atoms with van der Waals surface area (Å²) < 4.78 is 32.5. The van der Waals surface area contributed by atoms with Gasteiger partial charge in [-0.2, -0.15) is 0 Å². The van der Waals surface area contributed by atoms with Gasteiger partial charge in [-0.15, -0.1) is 0 Å². The SMILES string of the molecule is CO[C@H]1O[C@H](CO)[C@H](O[C@H]2O[C@H](CO)[C@@H](O)[C@H](O)[C@H]2O)[C@H](O[C@@H]2O[C@H](CO)[C@@H](O)[C@H](O)[C@H]2O)[C@H]1O. The van der Waals surface area contributed by atoms with E-state index in [4.69, 9.17) is 28.4 Å². The maximum atomic E-state index is 10.8. The van der Waals surface area contributed by atoms with E-state index in [1.165, 1.54) is 7.11 Å². The van der Waals surface area contributed by atoms with Crippen molar-refractivity contribution < 1.29 is 79.5 Å². The van der Waals surface area contributed by atoms with Gasteiger partial charge in [0.1, 0.15) is 73.2 Å². The van der Waals surface area contributed by atoms with E-state index in [0.717, 1.165) is 0 Å². The highest BCUT2D eigenvalue weighted by atomic mass is 16.8. The predicted molar refractivity (Wildman–Crippen MR) is 106 cm³/mol. The van der Waals surface area contributed by atoms with E-state index in [-0.39, 0.29) is 0 Å². The van der Waals surface area contributed by atoms with Crippen LogP contribution in [0.2, 0.25) is 0 Å². The highest BCUT2D eigenvalue weighted by molar-refractivity contribution is 4.96. The summed E-state index contributed by atoms with van der Waals surface area (Å²) in [5.41, 5.74) is 0. The van der Waals surface area contributed by atoms with E-state index in [0.29, 0.717) is 0 Å². The maximum absolute atomic E-state index is 10.8. The first-order valence-corrected chi connectivity index (χ1v) is 11.0. The van der Waals surface area contributed by atoms with Crippen LogP contribution in [0.15, 0.2) is 0 Å². The number of methoxy groups -OCH3 is 1. The summed E-state index contributed by atoms with van der Waals surface area (Å²) in [6.07, 6.45) is -24.1. The third kappa shape index (κ3) is 5.78. The van der Waals surface area contributed by atoms with Crippen molar-refractivity contribution >= 4 is 0 Å². The van der Waals surface area contributed by atoms with Crippen molar-refractivity contribution in [1.82, 2.24) is 0 Å². The largest absolute Gasteiger partial charge is 0.394 e. The van der Waals surface area contributed by atoms with Gasteiger partial charge in [-0.05, 0) is 0 Å². The fourth-order valence-corrected chi connectivity index (χ4v) is 4.23. The van der Waals surface area contributed by atoms with Crippen LogP contribution in [-0.4, -0.2) is 170 Å². The van der Waals surface area contributed by atoms with Crippen molar-refractivity contribution in [1.29, 1.82) is 0 Å². The van der Waals surface area contributed by atoms with Gasteiger partial charge in [0.15, 0.2) is 18.9 Å². The second-order valence-electron chi connectivity index (χ2n) is 8.55. The zero-order valence-electron chi connectivity index (χ0n) is 18.7. The third-order valence-electron chi connectivity index (χ3n) is 6.31. The second-order valence-corrected chi connectivity index (χ2v) is 8.55. The van der Waals surface area contributed by atoms with Crippen LogP contribution in [0.3, 0.4) is 0 Å². The molecule has 15 atom stereocenters. The standard InChI is InChI=1S/C19H34O16/c1-30-17-14(29)16(35-19-13(28)11(26)9(24)6(3-21)32-19)15(7(4-22)33-17)34-18-12(27)10(25)8(23)5(2-20)31-18/h5-29H,2-4H2,1H3/t5-,6-,7-,8-,9-,10+,11+,12-,13-,14-,15+,16-,17+,18-,19+/m1/s1. The molecule has 0 bridgehead atoms. The summed E-state index contributed by atoms with van der Waals surface area (Å²) in [7, 11) is 1.19. The van der Waals surface area contributed by atoms with Gasteiger partial charge in [0, 0.05) is 7.11 Å². The van der Waals surface area contributed by atoms with Crippen LogP contribution in [0.1, 0.15) is 0 Å². The van der Waals surface area contributed by atoms with Gasteiger partial charge in [-0.3, -0.25) is 0 Å². The van der Waals surface area contributed by atoms with Crippen LogP contribution in [0.4, 0.5) is 0 Å². The molecule has 0 aliphatic carbocycles. The zero-order valence-corrected chi connectivity index (χ0v) is 18.7. The molecule has 0 aromatic rings. The molecule has 35 heavy (non-hydrogen) atoms. The average Bonchev–Trinajstić information content (AvgIpc) is 2.86. The summed E-state index contributed by atoms with van der Waals surface area (Å²) >= 11 is 0. The molecule has 16 heteroatoms.